The van der Waals surface area contributed by atoms with Crippen LogP contribution in [0.5, 0.6) is 0 Å². The average Bonchev–Trinajstić information content (AvgIpc) is 3.20. The Kier molecular flexibility index (Phi) is 7.55. The maximum atomic E-state index is 13.1. The Morgan fingerprint density at radius 2 is 2.00 bits per heavy atom. The van der Waals surface area contributed by atoms with E-state index in [0.717, 1.165) is 32.2 Å². The van der Waals surface area contributed by atoms with Crippen molar-refractivity contribution in [3.05, 3.63) is 36.0 Å². The number of aromatic nitrogens is 2. The molecular formula is C20H28ClFN4O2. The molecule has 0 bridgehead atoms. The van der Waals surface area contributed by atoms with E-state index >= 15 is 0 Å². The number of nitrogens with zero attached hydrogens (tertiary/aromatic N) is 3. The maximum Gasteiger partial charge on any atom is 0.231 e. The number of hydrogen-bond donors (Lipinski definition) is 1. The van der Waals surface area contributed by atoms with Gasteiger partial charge in [-0.3, -0.25) is 4.79 Å². The lowest BCUT2D eigenvalue weighted by Crippen LogP contribution is -2.50. The van der Waals surface area contributed by atoms with Crippen molar-refractivity contribution in [3.63, 3.8) is 0 Å². The van der Waals surface area contributed by atoms with E-state index in [-0.39, 0.29) is 30.0 Å². The van der Waals surface area contributed by atoms with Gasteiger partial charge in [0.1, 0.15) is 5.82 Å². The molecule has 1 saturated heterocycles. The minimum absolute atomic E-state index is 0. The summed E-state index contributed by atoms with van der Waals surface area (Å²) in [6, 6.07) is 5.99. The molecule has 28 heavy (non-hydrogen) atoms. The molecule has 0 spiro atoms. The Labute approximate surface area is 171 Å². The van der Waals surface area contributed by atoms with Crippen LogP contribution in [0.4, 0.5) is 4.39 Å². The van der Waals surface area contributed by atoms with Crippen LogP contribution in [0, 0.1) is 11.2 Å². The van der Waals surface area contributed by atoms with Crippen LogP contribution < -0.4 is 5.73 Å². The van der Waals surface area contributed by atoms with Gasteiger partial charge in [-0.25, -0.2) is 4.39 Å². The molecule has 1 aliphatic rings. The topological polar surface area (TPSA) is 85.3 Å². The summed E-state index contributed by atoms with van der Waals surface area (Å²) in [5.74, 6) is 0.788. The highest BCUT2D eigenvalue weighted by Gasteiger charge is 2.39. The zero-order valence-electron chi connectivity index (χ0n) is 16.4. The SMILES string of the molecule is CCC(CC)(CN)C(=O)N1CCCC(c2nc(-c3ccc(F)cc3)no2)C1.Cl. The second-order valence-electron chi connectivity index (χ2n) is 7.24. The van der Waals surface area contributed by atoms with Gasteiger partial charge < -0.3 is 15.2 Å². The van der Waals surface area contributed by atoms with Crippen molar-refractivity contribution >= 4 is 18.3 Å². The zero-order valence-corrected chi connectivity index (χ0v) is 17.2. The minimum atomic E-state index is -0.490. The van der Waals surface area contributed by atoms with E-state index in [9.17, 15) is 9.18 Å². The second-order valence-corrected chi connectivity index (χ2v) is 7.24. The van der Waals surface area contributed by atoms with E-state index < -0.39 is 5.41 Å². The van der Waals surface area contributed by atoms with Gasteiger partial charge in [-0.05, 0) is 49.9 Å². The molecule has 1 fully saturated rings. The molecule has 8 heteroatoms. The van der Waals surface area contributed by atoms with E-state index in [1.54, 1.807) is 12.1 Å². The lowest BCUT2D eigenvalue weighted by atomic mass is 9.80. The molecule has 1 amide bonds. The molecular weight excluding hydrogens is 383 g/mol. The highest BCUT2D eigenvalue weighted by atomic mass is 35.5. The Morgan fingerprint density at radius 3 is 2.61 bits per heavy atom. The molecule has 1 aliphatic heterocycles. The first-order valence-corrected chi connectivity index (χ1v) is 9.62. The molecule has 0 saturated carbocycles. The normalized spacial score (nSPS) is 17.3. The first kappa shape index (κ1) is 22.3. The van der Waals surface area contributed by atoms with Crippen LogP contribution in [0.25, 0.3) is 11.4 Å². The summed E-state index contributed by atoms with van der Waals surface area (Å²) >= 11 is 0. The summed E-state index contributed by atoms with van der Waals surface area (Å²) in [6.07, 6.45) is 3.24. The van der Waals surface area contributed by atoms with Gasteiger partial charge >= 0.3 is 0 Å². The highest BCUT2D eigenvalue weighted by Crippen LogP contribution is 2.33. The number of nitrogens with two attached hydrogens (primary N) is 1. The van der Waals surface area contributed by atoms with Crippen molar-refractivity contribution in [2.75, 3.05) is 19.6 Å². The molecule has 1 unspecified atom stereocenters. The number of likely N-dealkylation sites (tertiary alicyclic amines) is 1. The number of piperidine rings is 1. The molecule has 1 atom stereocenters. The predicted octanol–water partition coefficient (Wildman–Crippen LogP) is 3.77. The van der Waals surface area contributed by atoms with Crippen LogP contribution in [0.1, 0.15) is 51.3 Å². The van der Waals surface area contributed by atoms with E-state index in [4.69, 9.17) is 10.3 Å². The van der Waals surface area contributed by atoms with Crippen molar-refractivity contribution in [1.29, 1.82) is 0 Å². The van der Waals surface area contributed by atoms with Gasteiger partial charge in [0, 0.05) is 25.2 Å². The first-order chi connectivity index (χ1) is 13.0. The standard InChI is InChI=1S/C20H27FN4O2.ClH/c1-3-20(4-2,13-22)19(26)25-11-5-6-15(12-25)18-23-17(24-27-18)14-7-9-16(21)10-8-14;/h7-10,15H,3-6,11-13,22H2,1-2H3;1H. The third kappa shape index (κ3) is 4.36. The zero-order chi connectivity index (χ0) is 19.4. The summed E-state index contributed by atoms with van der Waals surface area (Å²) in [6.45, 7) is 5.68. The molecule has 2 heterocycles. The summed E-state index contributed by atoms with van der Waals surface area (Å²) in [5, 5.41) is 4.03. The molecule has 3 rings (SSSR count). The molecule has 2 aromatic rings. The van der Waals surface area contributed by atoms with Crippen molar-refractivity contribution in [2.24, 2.45) is 11.1 Å². The quantitative estimate of drug-likeness (QED) is 0.783. The molecule has 154 valence electrons. The second kappa shape index (κ2) is 9.47. The largest absolute Gasteiger partial charge is 0.341 e. The van der Waals surface area contributed by atoms with Crippen LogP contribution in [0.15, 0.2) is 28.8 Å². The predicted molar refractivity (Wildman–Crippen MR) is 108 cm³/mol. The first-order valence-electron chi connectivity index (χ1n) is 9.62. The smallest absolute Gasteiger partial charge is 0.231 e. The van der Waals surface area contributed by atoms with E-state index in [1.165, 1.54) is 12.1 Å². The van der Waals surface area contributed by atoms with Crippen LogP contribution in [0.2, 0.25) is 0 Å². The fourth-order valence-corrected chi connectivity index (χ4v) is 3.74. The number of rotatable bonds is 6. The Morgan fingerprint density at radius 1 is 1.32 bits per heavy atom. The van der Waals surface area contributed by atoms with Crippen molar-refractivity contribution < 1.29 is 13.7 Å². The number of carbonyl (C=O) groups excluding carboxylic acids is 1. The lowest BCUT2D eigenvalue weighted by molar-refractivity contribution is -0.143. The van der Waals surface area contributed by atoms with Gasteiger partial charge in [0.05, 0.1) is 11.3 Å². The van der Waals surface area contributed by atoms with E-state index in [2.05, 4.69) is 10.1 Å². The molecule has 0 radical (unpaired) electrons. The van der Waals surface area contributed by atoms with Gasteiger partial charge in [0.25, 0.3) is 0 Å². The van der Waals surface area contributed by atoms with Crippen LogP contribution in [-0.2, 0) is 4.79 Å². The Bertz CT molecular complexity index is 769. The van der Waals surface area contributed by atoms with Gasteiger partial charge in [-0.1, -0.05) is 19.0 Å². The monoisotopic (exact) mass is 410 g/mol. The summed E-state index contributed by atoms with van der Waals surface area (Å²) in [7, 11) is 0. The lowest BCUT2D eigenvalue weighted by Gasteiger charge is -2.38. The minimum Gasteiger partial charge on any atom is -0.341 e. The van der Waals surface area contributed by atoms with Crippen molar-refractivity contribution in [1.82, 2.24) is 15.0 Å². The van der Waals surface area contributed by atoms with Gasteiger partial charge in [0.2, 0.25) is 17.6 Å². The molecule has 6 nitrogen and oxygen atoms in total. The van der Waals surface area contributed by atoms with Crippen LogP contribution in [0.3, 0.4) is 0 Å². The third-order valence-electron chi connectivity index (χ3n) is 5.80. The average molecular weight is 411 g/mol. The number of hydrogen-bond acceptors (Lipinski definition) is 5. The number of halogens is 2. The maximum absolute atomic E-state index is 13.1. The van der Waals surface area contributed by atoms with Crippen molar-refractivity contribution in [2.45, 2.75) is 45.4 Å². The van der Waals surface area contributed by atoms with Crippen molar-refractivity contribution in [3.8, 4) is 11.4 Å². The van der Waals surface area contributed by atoms with Gasteiger partial charge in [0.15, 0.2) is 0 Å². The molecule has 0 aliphatic carbocycles. The fourth-order valence-electron chi connectivity index (χ4n) is 3.74. The van der Waals surface area contributed by atoms with Crippen LogP contribution in [-0.4, -0.2) is 40.6 Å². The summed E-state index contributed by atoms with van der Waals surface area (Å²) < 4.78 is 18.6. The van der Waals surface area contributed by atoms with E-state index in [0.29, 0.717) is 30.4 Å². The fraction of sp³-hybridized carbons (Fsp3) is 0.550. The molecule has 1 aromatic heterocycles. The Hall–Kier alpha value is -1.99. The van der Waals surface area contributed by atoms with Gasteiger partial charge in [-0.15, -0.1) is 12.4 Å². The number of amides is 1. The third-order valence-corrected chi connectivity index (χ3v) is 5.80. The van der Waals surface area contributed by atoms with E-state index in [1.807, 2.05) is 18.7 Å². The van der Waals surface area contributed by atoms with Crippen LogP contribution >= 0.6 is 12.4 Å². The molecule has 1 aromatic carbocycles. The van der Waals surface area contributed by atoms with Gasteiger partial charge in [-0.2, -0.15) is 4.98 Å². The molecule has 2 N–H and O–H groups in total. The number of benzene rings is 1. The highest BCUT2D eigenvalue weighted by molar-refractivity contribution is 5.85. The summed E-state index contributed by atoms with van der Waals surface area (Å²) in [5.41, 5.74) is 6.16. The Balaban J connectivity index is 0.00000280. The number of carbonyl (C=O) groups is 1. The summed E-state index contributed by atoms with van der Waals surface area (Å²) in [4.78, 5) is 19.5.